The zero-order chi connectivity index (χ0) is 26.4. The first-order valence-electron chi connectivity index (χ1n) is 11.5. The van der Waals surface area contributed by atoms with E-state index in [-0.39, 0.29) is 31.0 Å². The van der Waals surface area contributed by atoms with Crippen LogP contribution in [0, 0.1) is 11.3 Å². The van der Waals surface area contributed by atoms with Crippen LogP contribution < -0.4 is 15.4 Å². The highest BCUT2D eigenvalue weighted by atomic mass is 35.5. The third kappa shape index (κ3) is 7.39. The topological polar surface area (TPSA) is 158 Å². The Balaban J connectivity index is 1.36. The molecule has 194 valence electrons. The van der Waals surface area contributed by atoms with Gasteiger partial charge in [-0.3, -0.25) is 9.48 Å². The van der Waals surface area contributed by atoms with Crippen molar-refractivity contribution in [3.63, 3.8) is 0 Å². The Hall–Kier alpha value is -3.73. The maximum absolute atomic E-state index is 12.5. The van der Waals surface area contributed by atoms with E-state index in [2.05, 4.69) is 36.5 Å². The van der Waals surface area contributed by atoms with Gasteiger partial charge in [-0.2, -0.15) is 15.3 Å². The molecule has 2 aromatic heterocycles. The molecule has 0 radical (unpaired) electrons. The highest BCUT2D eigenvalue weighted by molar-refractivity contribution is 7.88. The van der Waals surface area contributed by atoms with Gasteiger partial charge < -0.3 is 15.5 Å². The second-order valence-electron chi connectivity index (χ2n) is 8.58. The summed E-state index contributed by atoms with van der Waals surface area (Å²) in [7, 11) is -3.28. The van der Waals surface area contributed by atoms with Crippen molar-refractivity contribution >= 4 is 45.0 Å². The second kappa shape index (κ2) is 11.5. The van der Waals surface area contributed by atoms with Crippen LogP contribution in [-0.2, 0) is 34.5 Å². The minimum Gasteiger partial charge on any atom is -0.365 e. The molecule has 1 unspecified atom stereocenters. The fraction of sp³-hybridized carbons (Fsp3) is 0.348. The number of carbonyl (C=O) groups is 1. The highest BCUT2D eigenvalue weighted by Crippen LogP contribution is 2.22. The number of benzene rings is 1. The van der Waals surface area contributed by atoms with Gasteiger partial charge in [-0.25, -0.2) is 18.1 Å². The first-order valence-corrected chi connectivity index (χ1v) is 13.7. The Morgan fingerprint density at radius 3 is 2.81 bits per heavy atom. The number of sulfonamides is 1. The maximum Gasteiger partial charge on any atom is 0.245 e. The number of likely N-dealkylation sites (tertiary alicyclic amines) is 1. The van der Waals surface area contributed by atoms with Crippen LogP contribution in [0.1, 0.15) is 24.0 Å². The molecule has 1 atom stereocenters. The van der Waals surface area contributed by atoms with Crippen LogP contribution >= 0.6 is 11.6 Å². The third-order valence-corrected chi connectivity index (χ3v) is 6.59. The van der Waals surface area contributed by atoms with Gasteiger partial charge in [-0.1, -0.05) is 35.9 Å². The van der Waals surface area contributed by atoms with Crippen molar-refractivity contribution in [2.45, 2.75) is 38.5 Å². The molecule has 14 heteroatoms. The first-order chi connectivity index (χ1) is 17.7. The van der Waals surface area contributed by atoms with Gasteiger partial charge in [-0.05, 0) is 24.0 Å². The molecule has 3 heterocycles. The van der Waals surface area contributed by atoms with E-state index in [4.69, 9.17) is 11.6 Å². The van der Waals surface area contributed by atoms with Crippen LogP contribution in [-0.4, -0.2) is 57.8 Å². The molecule has 0 spiro atoms. The molecule has 1 amide bonds. The number of nitriles is 1. The number of nitrogens with one attached hydrogen (secondary N) is 3. The van der Waals surface area contributed by atoms with Gasteiger partial charge in [0.25, 0.3) is 0 Å². The number of aromatic nitrogens is 4. The van der Waals surface area contributed by atoms with Crippen molar-refractivity contribution in [3.8, 4) is 6.07 Å². The third-order valence-electron chi connectivity index (χ3n) is 5.64. The highest BCUT2D eigenvalue weighted by Gasteiger charge is 2.28. The molecule has 3 aromatic rings. The van der Waals surface area contributed by atoms with Gasteiger partial charge in [0.15, 0.2) is 5.82 Å². The van der Waals surface area contributed by atoms with Gasteiger partial charge in [0.1, 0.15) is 17.6 Å². The summed E-state index contributed by atoms with van der Waals surface area (Å²) in [5.41, 5.74) is 2.33. The van der Waals surface area contributed by atoms with E-state index < -0.39 is 10.0 Å². The summed E-state index contributed by atoms with van der Waals surface area (Å²) in [5.74, 6) is 0.551. The van der Waals surface area contributed by atoms with Gasteiger partial charge in [-0.15, -0.1) is 0 Å². The van der Waals surface area contributed by atoms with Crippen LogP contribution in [0.3, 0.4) is 0 Å². The Morgan fingerprint density at radius 2 is 2.05 bits per heavy atom. The first kappa shape index (κ1) is 26.3. The average molecular weight is 544 g/mol. The van der Waals surface area contributed by atoms with Crippen LogP contribution in [0.15, 0.2) is 42.9 Å². The minimum absolute atomic E-state index is 0.0346. The lowest BCUT2D eigenvalue weighted by Crippen LogP contribution is -2.37. The normalized spacial score (nSPS) is 15.4. The number of nitrogens with zero attached hydrogens (tertiary/aromatic N) is 6. The molecule has 1 aliphatic heterocycles. The maximum atomic E-state index is 12.5. The lowest BCUT2D eigenvalue weighted by Gasteiger charge is -2.19. The number of hydrogen-bond donors (Lipinski definition) is 3. The molecule has 12 nitrogen and oxygen atoms in total. The van der Waals surface area contributed by atoms with Gasteiger partial charge in [0.05, 0.1) is 30.4 Å². The Morgan fingerprint density at radius 1 is 1.27 bits per heavy atom. The summed E-state index contributed by atoms with van der Waals surface area (Å²) < 4.78 is 26.6. The van der Waals surface area contributed by atoms with Crippen LogP contribution in [0.25, 0.3) is 0 Å². The predicted molar refractivity (Wildman–Crippen MR) is 138 cm³/mol. The zero-order valence-electron chi connectivity index (χ0n) is 20.1. The molecule has 0 bridgehead atoms. The fourth-order valence-electron chi connectivity index (χ4n) is 3.87. The SMILES string of the molecule is CS(=O)(=O)NCc1cccc(CNc2nc(Nc3cnn(CC(=O)N4CCCC4C#N)c3)ncc2Cl)c1. The van der Waals surface area contributed by atoms with Crippen molar-refractivity contribution in [2.24, 2.45) is 0 Å². The average Bonchev–Trinajstić information content (AvgIpc) is 3.52. The Kier molecular flexibility index (Phi) is 8.22. The Labute approximate surface area is 219 Å². The molecule has 1 saturated heterocycles. The summed E-state index contributed by atoms with van der Waals surface area (Å²) in [5, 5.41) is 20.0. The monoisotopic (exact) mass is 543 g/mol. The summed E-state index contributed by atoms with van der Waals surface area (Å²) in [6, 6.07) is 9.26. The van der Waals surface area contributed by atoms with E-state index in [1.165, 1.54) is 10.9 Å². The predicted octanol–water partition coefficient (Wildman–Crippen LogP) is 2.25. The van der Waals surface area contributed by atoms with Crippen molar-refractivity contribution in [1.29, 1.82) is 5.26 Å². The molecule has 1 aromatic carbocycles. The molecular weight excluding hydrogens is 518 g/mol. The van der Waals surface area contributed by atoms with Gasteiger partial charge in [0, 0.05) is 25.8 Å². The van der Waals surface area contributed by atoms with E-state index in [1.807, 2.05) is 24.3 Å². The summed E-state index contributed by atoms with van der Waals surface area (Å²) in [4.78, 5) is 22.8. The van der Waals surface area contributed by atoms with Crippen molar-refractivity contribution < 1.29 is 13.2 Å². The van der Waals surface area contributed by atoms with E-state index in [1.54, 1.807) is 17.3 Å². The molecule has 0 saturated carbocycles. The van der Waals surface area contributed by atoms with Crippen LogP contribution in [0.5, 0.6) is 0 Å². The summed E-state index contributed by atoms with van der Waals surface area (Å²) >= 11 is 6.27. The smallest absolute Gasteiger partial charge is 0.245 e. The summed E-state index contributed by atoms with van der Waals surface area (Å²) in [6.07, 6.45) is 7.33. The second-order valence-corrected chi connectivity index (χ2v) is 10.8. The molecule has 4 rings (SSSR count). The quantitative estimate of drug-likeness (QED) is 0.348. The molecular formula is C23H26ClN9O3S. The number of anilines is 3. The van der Waals surface area contributed by atoms with Crippen molar-refractivity contribution in [3.05, 3.63) is 59.0 Å². The van der Waals surface area contributed by atoms with Gasteiger partial charge in [0.2, 0.25) is 21.9 Å². The molecule has 3 N–H and O–H groups in total. The molecule has 1 aliphatic rings. The number of hydrogen-bond acceptors (Lipinski definition) is 9. The van der Waals surface area contributed by atoms with Crippen LogP contribution in [0.2, 0.25) is 5.02 Å². The lowest BCUT2D eigenvalue weighted by molar-refractivity contribution is -0.132. The lowest BCUT2D eigenvalue weighted by atomic mass is 10.1. The zero-order valence-corrected chi connectivity index (χ0v) is 21.6. The number of amides is 1. The van der Waals surface area contributed by atoms with E-state index in [0.717, 1.165) is 23.8 Å². The van der Waals surface area contributed by atoms with Crippen molar-refractivity contribution in [2.75, 3.05) is 23.4 Å². The van der Waals surface area contributed by atoms with E-state index >= 15 is 0 Å². The van der Waals surface area contributed by atoms with E-state index in [0.29, 0.717) is 36.0 Å². The number of rotatable bonds is 10. The fourth-order valence-corrected chi connectivity index (χ4v) is 4.46. The number of halogens is 1. The van der Waals surface area contributed by atoms with E-state index in [9.17, 15) is 18.5 Å². The Bertz CT molecular complexity index is 1420. The van der Waals surface area contributed by atoms with Crippen molar-refractivity contribution in [1.82, 2.24) is 29.4 Å². The molecule has 0 aliphatic carbocycles. The minimum atomic E-state index is -3.28. The standard InChI is InChI=1S/C23H26ClN9O3S/c1-37(35,36)29-11-17-5-2-4-16(8-17)10-26-22-20(24)13-27-23(31-22)30-18-12-28-32(14-18)15-21(34)33-7-3-6-19(33)9-25/h2,4-5,8,12-14,19,29H,3,6-7,10-11,15H2,1H3,(H2,26,27,30,31). The summed E-state index contributed by atoms with van der Waals surface area (Å²) in [6.45, 7) is 1.22. The van der Waals surface area contributed by atoms with Crippen LogP contribution in [0.4, 0.5) is 17.5 Å². The molecule has 37 heavy (non-hydrogen) atoms. The molecule has 1 fully saturated rings. The largest absolute Gasteiger partial charge is 0.365 e. The number of carbonyl (C=O) groups excluding carboxylic acids is 1. The van der Waals surface area contributed by atoms with Gasteiger partial charge >= 0.3 is 0 Å².